The Kier molecular flexibility index (Phi) is 6.15. The number of thiazole rings is 1. The quantitative estimate of drug-likeness (QED) is 0.424. The molecule has 0 saturated carbocycles. The Morgan fingerprint density at radius 2 is 1.94 bits per heavy atom. The van der Waals surface area contributed by atoms with E-state index in [9.17, 15) is 4.79 Å². The van der Waals surface area contributed by atoms with Crippen molar-refractivity contribution in [2.75, 3.05) is 19.0 Å². The molecule has 2 aromatic heterocycles. The highest BCUT2D eigenvalue weighted by atomic mass is 35.5. The Balaban J connectivity index is 1.43. The van der Waals surface area contributed by atoms with Gasteiger partial charge in [0, 0.05) is 5.56 Å². The van der Waals surface area contributed by atoms with Gasteiger partial charge in [-0.3, -0.25) is 10.1 Å². The average Bonchev–Trinajstić information content (AvgIpc) is 3.40. The lowest BCUT2D eigenvalue weighted by Gasteiger charge is -2.06. The molecule has 10 heteroatoms. The van der Waals surface area contributed by atoms with Gasteiger partial charge in [0.1, 0.15) is 16.4 Å². The topological polar surface area (TPSA) is 99.4 Å². The number of hydrogen-bond acceptors (Lipinski definition) is 8. The van der Waals surface area contributed by atoms with Crippen LogP contribution in [0.1, 0.15) is 5.69 Å². The van der Waals surface area contributed by atoms with Crippen LogP contribution in [0.15, 0.2) is 53.1 Å². The van der Waals surface area contributed by atoms with E-state index < -0.39 is 0 Å². The lowest BCUT2D eigenvalue weighted by Crippen LogP contribution is -2.20. The molecule has 0 aliphatic carbocycles. The smallest absolute Gasteiger partial charge is 0.270 e. The lowest BCUT2D eigenvalue weighted by molar-refractivity contribution is -0.118. The summed E-state index contributed by atoms with van der Waals surface area (Å²) in [5.41, 5.74) is 1.46. The summed E-state index contributed by atoms with van der Waals surface area (Å²) >= 11 is 7.26. The van der Waals surface area contributed by atoms with Crippen molar-refractivity contribution in [3.05, 3.63) is 59.2 Å². The second-order valence-corrected chi connectivity index (χ2v) is 7.76. The molecule has 31 heavy (non-hydrogen) atoms. The van der Waals surface area contributed by atoms with Gasteiger partial charge in [-0.2, -0.15) is 4.98 Å². The highest BCUT2D eigenvalue weighted by Gasteiger charge is 2.18. The molecule has 0 atom stereocenters. The largest absolute Gasteiger partial charge is 0.497 e. The van der Waals surface area contributed by atoms with Crippen LogP contribution in [0.5, 0.6) is 11.5 Å². The first-order chi connectivity index (χ1) is 15.0. The van der Waals surface area contributed by atoms with Crippen LogP contribution >= 0.6 is 22.9 Å². The number of carbonyl (C=O) groups is 1. The predicted molar refractivity (Wildman–Crippen MR) is 118 cm³/mol. The van der Waals surface area contributed by atoms with Crippen LogP contribution in [0.2, 0.25) is 5.02 Å². The molecule has 158 valence electrons. The van der Waals surface area contributed by atoms with Crippen molar-refractivity contribution in [2.24, 2.45) is 0 Å². The number of rotatable bonds is 7. The number of aryl methyl sites for hydroxylation is 1. The van der Waals surface area contributed by atoms with Crippen LogP contribution in [0.3, 0.4) is 0 Å². The standard InChI is InChI=1S/C21H17ClN4O4S/c1-12-18(20-25-19(26-30-20)13-7-9-14(28-2)10-8-13)31-21(23-12)24-17(27)11-29-16-6-4-3-5-15(16)22/h3-10H,11H2,1-2H3,(H,23,24,27). The van der Waals surface area contributed by atoms with Gasteiger partial charge in [0.25, 0.3) is 11.8 Å². The van der Waals surface area contributed by atoms with Gasteiger partial charge in [0.05, 0.1) is 17.8 Å². The molecule has 0 saturated heterocycles. The number of nitrogens with zero attached hydrogens (tertiary/aromatic N) is 3. The van der Waals surface area contributed by atoms with E-state index in [0.29, 0.717) is 38.2 Å². The second kappa shape index (κ2) is 9.15. The number of aromatic nitrogens is 3. The Labute approximate surface area is 186 Å². The van der Waals surface area contributed by atoms with Crippen molar-refractivity contribution in [3.8, 4) is 33.7 Å². The Morgan fingerprint density at radius 1 is 1.16 bits per heavy atom. The fraction of sp³-hybridized carbons (Fsp3) is 0.143. The molecule has 2 heterocycles. The number of halogens is 1. The zero-order chi connectivity index (χ0) is 21.8. The minimum Gasteiger partial charge on any atom is -0.497 e. The van der Waals surface area contributed by atoms with Gasteiger partial charge in [-0.25, -0.2) is 4.98 Å². The fourth-order valence-electron chi connectivity index (χ4n) is 2.68. The molecular weight excluding hydrogens is 440 g/mol. The molecule has 0 radical (unpaired) electrons. The van der Waals surface area contributed by atoms with E-state index in [0.717, 1.165) is 11.3 Å². The van der Waals surface area contributed by atoms with E-state index in [1.165, 1.54) is 11.3 Å². The van der Waals surface area contributed by atoms with Gasteiger partial charge >= 0.3 is 0 Å². The fourth-order valence-corrected chi connectivity index (χ4v) is 3.78. The third-order valence-corrected chi connectivity index (χ3v) is 5.58. The first-order valence-corrected chi connectivity index (χ1v) is 10.4. The van der Waals surface area contributed by atoms with E-state index in [4.69, 9.17) is 25.6 Å². The minimum atomic E-state index is -0.357. The molecule has 8 nitrogen and oxygen atoms in total. The van der Waals surface area contributed by atoms with Crippen LogP contribution in [0, 0.1) is 6.92 Å². The average molecular weight is 457 g/mol. The van der Waals surface area contributed by atoms with Gasteiger partial charge in [-0.05, 0) is 43.3 Å². The number of amides is 1. The zero-order valence-electron chi connectivity index (χ0n) is 16.6. The number of benzene rings is 2. The van der Waals surface area contributed by atoms with Crippen LogP contribution < -0.4 is 14.8 Å². The van der Waals surface area contributed by atoms with Gasteiger partial charge in [-0.15, -0.1) is 0 Å². The Hall–Kier alpha value is -3.43. The molecule has 0 fully saturated rings. The first kappa shape index (κ1) is 20.8. The van der Waals surface area contributed by atoms with Crippen molar-refractivity contribution in [2.45, 2.75) is 6.92 Å². The van der Waals surface area contributed by atoms with Crippen molar-refractivity contribution in [3.63, 3.8) is 0 Å². The summed E-state index contributed by atoms with van der Waals surface area (Å²) in [6.45, 7) is 1.61. The van der Waals surface area contributed by atoms with Crippen LogP contribution in [-0.4, -0.2) is 34.7 Å². The number of carbonyl (C=O) groups excluding carboxylic acids is 1. The number of nitrogens with one attached hydrogen (secondary N) is 1. The Bertz CT molecular complexity index is 1210. The van der Waals surface area contributed by atoms with Crippen molar-refractivity contribution in [1.82, 2.24) is 15.1 Å². The Morgan fingerprint density at radius 3 is 2.68 bits per heavy atom. The number of methoxy groups -OCH3 is 1. The SMILES string of the molecule is COc1ccc(-c2noc(-c3sc(NC(=O)COc4ccccc4Cl)nc3C)n2)cc1. The van der Waals surface area contributed by atoms with E-state index in [-0.39, 0.29) is 12.5 Å². The van der Waals surface area contributed by atoms with Crippen molar-refractivity contribution < 1.29 is 18.8 Å². The highest BCUT2D eigenvalue weighted by molar-refractivity contribution is 7.19. The molecular formula is C21H17ClN4O4S. The second-order valence-electron chi connectivity index (χ2n) is 6.35. The predicted octanol–water partition coefficient (Wildman–Crippen LogP) is 4.85. The first-order valence-electron chi connectivity index (χ1n) is 9.16. The summed E-state index contributed by atoms with van der Waals surface area (Å²) < 4.78 is 16.0. The van der Waals surface area contributed by atoms with Crippen LogP contribution in [-0.2, 0) is 4.79 Å². The summed E-state index contributed by atoms with van der Waals surface area (Å²) in [7, 11) is 1.60. The summed E-state index contributed by atoms with van der Waals surface area (Å²) in [6.07, 6.45) is 0. The van der Waals surface area contributed by atoms with Gasteiger partial charge < -0.3 is 14.0 Å². The molecule has 2 aromatic carbocycles. The minimum absolute atomic E-state index is 0.195. The molecule has 0 spiro atoms. The summed E-state index contributed by atoms with van der Waals surface area (Å²) in [6, 6.07) is 14.3. The van der Waals surface area contributed by atoms with E-state index in [2.05, 4.69) is 20.4 Å². The van der Waals surface area contributed by atoms with Gasteiger partial charge in [0.15, 0.2) is 11.7 Å². The monoisotopic (exact) mass is 456 g/mol. The van der Waals surface area contributed by atoms with Crippen molar-refractivity contribution >= 4 is 34.0 Å². The highest BCUT2D eigenvalue weighted by Crippen LogP contribution is 2.33. The van der Waals surface area contributed by atoms with Gasteiger partial charge in [0.2, 0.25) is 5.82 Å². The summed E-state index contributed by atoms with van der Waals surface area (Å²) in [5, 5.41) is 7.59. The molecule has 1 amide bonds. The maximum Gasteiger partial charge on any atom is 0.270 e. The third-order valence-electron chi connectivity index (χ3n) is 4.21. The van der Waals surface area contributed by atoms with Crippen LogP contribution in [0.25, 0.3) is 22.2 Å². The molecule has 1 N–H and O–H groups in total. The third kappa shape index (κ3) is 4.84. The maximum atomic E-state index is 12.2. The molecule has 0 bridgehead atoms. The summed E-state index contributed by atoms with van der Waals surface area (Å²) in [4.78, 5) is 21.7. The molecule has 0 unspecified atom stereocenters. The lowest BCUT2D eigenvalue weighted by atomic mass is 10.2. The molecule has 0 aliphatic rings. The zero-order valence-corrected chi connectivity index (χ0v) is 18.2. The van der Waals surface area contributed by atoms with E-state index in [1.807, 2.05) is 24.3 Å². The maximum absolute atomic E-state index is 12.2. The summed E-state index contributed by atoms with van der Waals surface area (Å²) in [5.74, 6) is 1.60. The molecule has 0 aliphatic heterocycles. The number of hydrogen-bond donors (Lipinski definition) is 1. The van der Waals surface area contributed by atoms with Gasteiger partial charge in [-0.1, -0.05) is 40.2 Å². The number of para-hydroxylation sites is 1. The van der Waals surface area contributed by atoms with Crippen LogP contribution in [0.4, 0.5) is 5.13 Å². The van der Waals surface area contributed by atoms with Crippen molar-refractivity contribution in [1.29, 1.82) is 0 Å². The number of anilines is 1. The van der Waals surface area contributed by atoms with E-state index in [1.54, 1.807) is 38.3 Å². The normalized spacial score (nSPS) is 10.7. The number of ether oxygens (including phenoxy) is 2. The molecule has 4 aromatic rings. The van der Waals surface area contributed by atoms with E-state index >= 15 is 0 Å². The molecule has 4 rings (SSSR count).